The zero-order valence-corrected chi connectivity index (χ0v) is 24.9. The quantitative estimate of drug-likeness (QED) is 0.350. The second-order valence-corrected chi connectivity index (χ2v) is 12.9. The molecule has 2 aliphatic heterocycles. The molecule has 1 saturated heterocycles. The maximum Gasteiger partial charge on any atom is 0.407 e. The van der Waals surface area contributed by atoms with Crippen molar-refractivity contribution in [1.29, 1.82) is 0 Å². The van der Waals surface area contributed by atoms with E-state index in [9.17, 15) is 9.90 Å². The number of aromatic nitrogens is 2. The van der Waals surface area contributed by atoms with Crippen LogP contribution in [0.25, 0.3) is 0 Å². The van der Waals surface area contributed by atoms with Crippen molar-refractivity contribution in [2.45, 2.75) is 83.8 Å². The molecule has 0 saturated carbocycles. The molecular weight excluding hydrogens is 510 g/mol. The molecule has 3 heterocycles. The molecule has 3 aliphatic rings. The summed E-state index contributed by atoms with van der Waals surface area (Å²) in [6, 6.07) is 17.1. The van der Waals surface area contributed by atoms with Gasteiger partial charge in [-0.05, 0) is 87.2 Å². The lowest BCUT2D eigenvalue weighted by atomic mass is 9.72. The number of likely N-dealkylation sites (tertiary alicyclic amines) is 1. The van der Waals surface area contributed by atoms with Crippen LogP contribution in [0.2, 0.25) is 0 Å². The Balaban J connectivity index is 1.40. The predicted octanol–water partition coefficient (Wildman–Crippen LogP) is 6.74. The number of piperidine rings is 1. The second kappa shape index (κ2) is 11.1. The summed E-state index contributed by atoms with van der Waals surface area (Å²) in [6.07, 6.45) is 5.09. The smallest absolute Gasteiger partial charge is 0.407 e. The molecule has 1 N–H and O–H groups in total. The van der Waals surface area contributed by atoms with E-state index in [1.165, 1.54) is 28.1 Å². The third-order valence-electron chi connectivity index (χ3n) is 9.75. The summed E-state index contributed by atoms with van der Waals surface area (Å²) >= 11 is 0. The molecule has 7 nitrogen and oxygen atoms in total. The van der Waals surface area contributed by atoms with E-state index in [-0.39, 0.29) is 11.5 Å². The molecule has 2 aromatic carbocycles. The van der Waals surface area contributed by atoms with Gasteiger partial charge in [0.15, 0.2) is 0 Å². The number of hydrogen-bond donors (Lipinski definition) is 1. The summed E-state index contributed by atoms with van der Waals surface area (Å²) in [5, 5.41) is 10.0. The van der Waals surface area contributed by atoms with Gasteiger partial charge in [0.05, 0.1) is 0 Å². The van der Waals surface area contributed by atoms with Crippen molar-refractivity contribution in [2.24, 2.45) is 5.92 Å². The fourth-order valence-electron chi connectivity index (χ4n) is 7.57. The van der Waals surface area contributed by atoms with E-state index in [1.54, 1.807) is 11.2 Å². The number of amides is 1. The van der Waals surface area contributed by atoms with Crippen LogP contribution in [0.5, 0.6) is 0 Å². The van der Waals surface area contributed by atoms with E-state index in [1.807, 2.05) is 13.8 Å². The topological polar surface area (TPSA) is 72.8 Å². The molecule has 7 heteroatoms. The number of fused-ring (bicyclic) bond motifs is 3. The molecule has 216 valence electrons. The normalized spacial score (nSPS) is 19.7. The van der Waals surface area contributed by atoms with Crippen LogP contribution in [0, 0.1) is 5.92 Å². The average molecular weight is 554 g/mol. The molecular formula is C34H43N5O2. The van der Waals surface area contributed by atoms with Crippen molar-refractivity contribution in [3.8, 4) is 0 Å². The maximum absolute atomic E-state index is 12.2. The minimum atomic E-state index is -0.868. The molecule has 1 fully saturated rings. The highest BCUT2D eigenvalue weighted by atomic mass is 16.4. The molecule has 1 amide bonds. The summed E-state index contributed by atoms with van der Waals surface area (Å²) in [5.74, 6) is 2.05. The van der Waals surface area contributed by atoms with E-state index in [4.69, 9.17) is 9.97 Å². The first kappa shape index (κ1) is 27.7. The fourth-order valence-corrected chi connectivity index (χ4v) is 7.57. The SMILES string of the molecule is CC(C)C1CCc2ncnc(N3CC4(CCN(Cc5ccccc5)CC4)c4c(CN(C(=O)O)C(C)C)cccc43)c21. The minimum Gasteiger partial charge on any atom is -0.465 e. The van der Waals surface area contributed by atoms with Crippen molar-refractivity contribution in [1.82, 2.24) is 19.8 Å². The highest BCUT2D eigenvalue weighted by Crippen LogP contribution is 2.53. The molecule has 0 bridgehead atoms. The molecule has 41 heavy (non-hydrogen) atoms. The van der Waals surface area contributed by atoms with Crippen LogP contribution < -0.4 is 4.90 Å². The largest absolute Gasteiger partial charge is 0.465 e. The Hall–Kier alpha value is -3.45. The van der Waals surface area contributed by atoms with Gasteiger partial charge in [-0.1, -0.05) is 56.3 Å². The lowest BCUT2D eigenvalue weighted by Crippen LogP contribution is -2.45. The van der Waals surface area contributed by atoms with Crippen LogP contribution in [-0.4, -0.2) is 56.6 Å². The molecule has 6 rings (SSSR count). The van der Waals surface area contributed by atoms with E-state index >= 15 is 0 Å². The van der Waals surface area contributed by atoms with Crippen LogP contribution in [-0.2, 0) is 24.9 Å². The monoisotopic (exact) mass is 553 g/mol. The first-order chi connectivity index (χ1) is 19.8. The molecule has 1 atom stereocenters. The average Bonchev–Trinajstić information content (AvgIpc) is 3.54. The van der Waals surface area contributed by atoms with Gasteiger partial charge in [0.1, 0.15) is 12.1 Å². The van der Waals surface area contributed by atoms with Crippen LogP contribution in [0.4, 0.5) is 16.3 Å². The van der Waals surface area contributed by atoms with Gasteiger partial charge in [0, 0.05) is 48.0 Å². The van der Waals surface area contributed by atoms with Gasteiger partial charge >= 0.3 is 6.09 Å². The van der Waals surface area contributed by atoms with Gasteiger partial charge in [-0.15, -0.1) is 0 Å². The fraction of sp³-hybridized carbons (Fsp3) is 0.500. The lowest BCUT2D eigenvalue weighted by Gasteiger charge is -2.41. The highest BCUT2D eigenvalue weighted by molar-refractivity contribution is 5.75. The van der Waals surface area contributed by atoms with Crippen LogP contribution in [0.15, 0.2) is 54.9 Å². The molecule has 1 spiro atoms. The first-order valence-corrected chi connectivity index (χ1v) is 15.3. The van der Waals surface area contributed by atoms with Crippen molar-refractivity contribution >= 4 is 17.6 Å². The van der Waals surface area contributed by atoms with Crippen molar-refractivity contribution in [2.75, 3.05) is 24.5 Å². The highest BCUT2D eigenvalue weighted by Gasteiger charge is 2.48. The van der Waals surface area contributed by atoms with Gasteiger partial charge in [-0.25, -0.2) is 14.8 Å². The summed E-state index contributed by atoms with van der Waals surface area (Å²) in [4.78, 5) is 28.5. The Morgan fingerprint density at radius 1 is 1.05 bits per heavy atom. The number of aryl methyl sites for hydroxylation is 1. The van der Waals surface area contributed by atoms with Gasteiger partial charge in [-0.3, -0.25) is 4.90 Å². The first-order valence-electron chi connectivity index (χ1n) is 15.3. The number of carboxylic acid groups (broad SMARTS) is 1. The van der Waals surface area contributed by atoms with Gasteiger partial charge in [-0.2, -0.15) is 0 Å². The van der Waals surface area contributed by atoms with Gasteiger partial charge in [0.25, 0.3) is 0 Å². The Bertz CT molecular complexity index is 1400. The van der Waals surface area contributed by atoms with Crippen molar-refractivity contribution in [3.63, 3.8) is 0 Å². The summed E-state index contributed by atoms with van der Waals surface area (Å²) < 4.78 is 0. The lowest BCUT2D eigenvalue weighted by molar-refractivity contribution is 0.127. The van der Waals surface area contributed by atoms with Crippen LogP contribution >= 0.6 is 0 Å². The minimum absolute atomic E-state index is 0.0516. The summed E-state index contributed by atoms with van der Waals surface area (Å²) in [6.45, 7) is 12.8. The van der Waals surface area contributed by atoms with Crippen LogP contribution in [0.3, 0.4) is 0 Å². The summed E-state index contributed by atoms with van der Waals surface area (Å²) in [7, 11) is 0. The zero-order chi connectivity index (χ0) is 28.7. The number of benzene rings is 2. The Labute approximate surface area is 244 Å². The van der Waals surface area contributed by atoms with E-state index in [0.29, 0.717) is 18.4 Å². The van der Waals surface area contributed by atoms with E-state index < -0.39 is 6.09 Å². The molecule has 1 unspecified atom stereocenters. The standard InChI is InChI=1S/C34H43N5O2/c1-23(2)27-13-14-28-30(27)32(36-22-35-28)39-21-34(15-17-37(18-16-34)19-25-9-6-5-7-10-25)31-26(11-8-12-29(31)39)20-38(24(3)4)33(40)41/h5-12,22-24,27H,13-21H2,1-4H3,(H,40,41). The van der Waals surface area contributed by atoms with E-state index in [0.717, 1.165) is 63.2 Å². The third-order valence-corrected chi connectivity index (χ3v) is 9.75. The van der Waals surface area contributed by atoms with Gasteiger partial charge in [0.2, 0.25) is 0 Å². The second-order valence-electron chi connectivity index (χ2n) is 12.9. The van der Waals surface area contributed by atoms with Crippen LogP contribution in [0.1, 0.15) is 80.8 Å². The third kappa shape index (κ3) is 5.09. The molecule has 3 aromatic rings. The number of carbonyl (C=O) groups is 1. The van der Waals surface area contributed by atoms with Crippen molar-refractivity contribution < 1.29 is 9.90 Å². The zero-order valence-electron chi connectivity index (χ0n) is 24.9. The number of rotatable bonds is 7. The molecule has 1 aliphatic carbocycles. The Morgan fingerprint density at radius 2 is 1.80 bits per heavy atom. The predicted molar refractivity (Wildman–Crippen MR) is 163 cm³/mol. The van der Waals surface area contributed by atoms with Crippen molar-refractivity contribution in [3.05, 3.63) is 82.8 Å². The van der Waals surface area contributed by atoms with Gasteiger partial charge < -0.3 is 14.9 Å². The van der Waals surface area contributed by atoms with E-state index in [2.05, 4.69) is 72.2 Å². The molecule has 0 radical (unpaired) electrons. The maximum atomic E-state index is 12.2. The Kier molecular flexibility index (Phi) is 7.49. The summed E-state index contributed by atoms with van der Waals surface area (Å²) in [5.41, 5.74) is 7.48. The molecule has 1 aromatic heterocycles. The number of hydrogen-bond acceptors (Lipinski definition) is 5. The number of nitrogens with zero attached hydrogens (tertiary/aromatic N) is 5. The Morgan fingerprint density at radius 3 is 2.49 bits per heavy atom. The number of anilines is 2.